The number of benzene rings is 2. The van der Waals surface area contributed by atoms with Gasteiger partial charge in [0.2, 0.25) is 5.95 Å². The van der Waals surface area contributed by atoms with Crippen LogP contribution in [-0.4, -0.2) is 30.5 Å². The fraction of sp³-hybridized carbons (Fsp3) is 0.217. The van der Waals surface area contributed by atoms with E-state index in [0.29, 0.717) is 22.5 Å². The van der Waals surface area contributed by atoms with E-state index in [1.807, 2.05) is 24.3 Å². The zero-order valence-electron chi connectivity index (χ0n) is 18.1. The maximum absolute atomic E-state index is 12.5. The Balaban J connectivity index is 1.33. The number of halogens is 2. The summed E-state index contributed by atoms with van der Waals surface area (Å²) in [7, 11) is 0. The van der Waals surface area contributed by atoms with Crippen LogP contribution in [0.25, 0.3) is 0 Å². The minimum absolute atomic E-state index is 0.152. The quantitative estimate of drug-likeness (QED) is 0.369. The van der Waals surface area contributed by atoms with Crippen LogP contribution in [0.2, 0.25) is 10.0 Å². The van der Waals surface area contributed by atoms with E-state index in [-0.39, 0.29) is 18.4 Å². The normalized spacial score (nSPS) is 11.1. The maximum atomic E-state index is 12.5. The first-order valence-electron chi connectivity index (χ1n) is 10.3. The van der Waals surface area contributed by atoms with E-state index in [2.05, 4.69) is 34.3 Å². The Bertz CT molecular complexity index is 1230. The highest BCUT2D eigenvalue weighted by Gasteiger charge is 2.14. The summed E-state index contributed by atoms with van der Waals surface area (Å²) in [6.45, 7) is 4.78. The lowest BCUT2D eigenvalue weighted by Gasteiger charge is -2.09. The van der Waals surface area contributed by atoms with Gasteiger partial charge < -0.3 is 4.74 Å². The van der Waals surface area contributed by atoms with Gasteiger partial charge in [-0.15, -0.1) is 5.10 Å². The molecule has 0 atom stereocenters. The average molecular weight is 485 g/mol. The predicted octanol–water partition coefficient (Wildman–Crippen LogP) is 5.24. The Kier molecular flexibility index (Phi) is 6.96. The first kappa shape index (κ1) is 22.8. The van der Waals surface area contributed by atoms with Gasteiger partial charge in [-0.1, -0.05) is 55.2 Å². The number of amides is 1. The molecule has 2 aromatic carbocycles. The molecule has 1 N–H and O–H groups in total. The smallest absolute Gasteiger partial charge is 0.278 e. The standard InChI is InChI=1S/C23H22Cl2N6O2/c1-15(2)16-6-8-17(9-7-16)33-14-30-11-10-21(28-30)22(32)27-23-26-13-31(29-23)12-18-19(24)4-3-5-20(18)25/h3-11,13,15H,12,14H2,1-2H3,(H,27,29,32). The molecule has 0 saturated carbocycles. The largest absolute Gasteiger partial charge is 0.471 e. The van der Waals surface area contributed by atoms with Gasteiger partial charge in [0.1, 0.15) is 12.1 Å². The number of nitrogens with zero attached hydrogens (tertiary/aromatic N) is 5. The topological polar surface area (TPSA) is 86.9 Å². The van der Waals surface area contributed by atoms with E-state index in [0.717, 1.165) is 11.3 Å². The molecule has 1 amide bonds. The second-order valence-corrected chi connectivity index (χ2v) is 8.47. The lowest BCUT2D eigenvalue weighted by Crippen LogP contribution is -2.15. The molecule has 170 valence electrons. The van der Waals surface area contributed by atoms with Crippen molar-refractivity contribution in [2.24, 2.45) is 0 Å². The van der Waals surface area contributed by atoms with Crippen molar-refractivity contribution in [2.75, 3.05) is 5.32 Å². The number of hydrogen-bond donors (Lipinski definition) is 1. The van der Waals surface area contributed by atoms with E-state index in [1.165, 1.54) is 16.6 Å². The maximum Gasteiger partial charge on any atom is 0.278 e. The van der Waals surface area contributed by atoms with Gasteiger partial charge in [0.05, 0.1) is 6.54 Å². The monoisotopic (exact) mass is 484 g/mol. The summed E-state index contributed by atoms with van der Waals surface area (Å²) in [6.07, 6.45) is 3.16. The minimum Gasteiger partial charge on any atom is -0.471 e. The molecule has 0 spiro atoms. The van der Waals surface area contributed by atoms with Crippen molar-refractivity contribution in [2.45, 2.75) is 33.0 Å². The molecule has 0 fully saturated rings. The molecular formula is C23H22Cl2N6O2. The Labute approximate surface area is 201 Å². The third kappa shape index (κ3) is 5.71. The van der Waals surface area contributed by atoms with Gasteiger partial charge in [-0.2, -0.15) is 5.10 Å². The Hall–Kier alpha value is -3.36. The number of carbonyl (C=O) groups is 1. The lowest BCUT2D eigenvalue weighted by molar-refractivity contribution is 0.101. The molecule has 0 unspecified atom stereocenters. The van der Waals surface area contributed by atoms with Gasteiger partial charge in [-0.3, -0.25) is 10.1 Å². The summed E-state index contributed by atoms with van der Waals surface area (Å²) in [5.41, 5.74) is 2.19. The van der Waals surface area contributed by atoms with Gasteiger partial charge in [0, 0.05) is 21.8 Å². The zero-order valence-corrected chi connectivity index (χ0v) is 19.6. The second-order valence-electron chi connectivity index (χ2n) is 7.66. The van der Waals surface area contributed by atoms with Crippen molar-refractivity contribution in [1.82, 2.24) is 24.5 Å². The molecule has 2 aromatic heterocycles. The number of rotatable bonds is 8. The van der Waals surface area contributed by atoms with Crippen LogP contribution in [0, 0.1) is 0 Å². The molecule has 0 saturated heterocycles. The number of ether oxygens (including phenoxy) is 1. The summed E-state index contributed by atoms with van der Waals surface area (Å²) in [5.74, 6) is 0.915. The predicted molar refractivity (Wildman–Crippen MR) is 127 cm³/mol. The molecule has 33 heavy (non-hydrogen) atoms. The fourth-order valence-electron chi connectivity index (χ4n) is 3.08. The lowest BCUT2D eigenvalue weighted by atomic mass is 10.0. The van der Waals surface area contributed by atoms with Crippen LogP contribution in [-0.2, 0) is 13.3 Å². The van der Waals surface area contributed by atoms with Crippen molar-refractivity contribution in [3.63, 3.8) is 0 Å². The van der Waals surface area contributed by atoms with E-state index >= 15 is 0 Å². The highest BCUT2D eigenvalue weighted by Crippen LogP contribution is 2.25. The molecule has 10 heteroatoms. The average Bonchev–Trinajstić information content (AvgIpc) is 3.45. The van der Waals surface area contributed by atoms with Gasteiger partial charge in [0.15, 0.2) is 12.4 Å². The van der Waals surface area contributed by atoms with E-state index < -0.39 is 5.91 Å². The van der Waals surface area contributed by atoms with E-state index in [1.54, 1.807) is 35.1 Å². The van der Waals surface area contributed by atoms with Gasteiger partial charge >= 0.3 is 0 Å². The molecule has 8 nitrogen and oxygen atoms in total. The van der Waals surface area contributed by atoms with Crippen LogP contribution < -0.4 is 10.1 Å². The summed E-state index contributed by atoms with van der Waals surface area (Å²) in [4.78, 5) is 16.6. The molecule has 4 rings (SSSR count). The molecule has 0 aliphatic heterocycles. The van der Waals surface area contributed by atoms with Gasteiger partial charge in [-0.05, 0) is 41.8 Å². The minimum atomic E-state index is -0.427. The molecule has 2 heterocycles. The molecule has 0 radical (unpaired) electrons. The van der Waals surface area contributed by atoms with E-state index in [9.17, 15) is 4.79 Å². The first-order chi connectivity index (χ1) is 15.9. The van der Waals surface area contributed by atoms with Crippen LogP contribution in [0.1, 0.15) is 41.4 Å². The second kappa shape index (κ2) is 10.1. The number of carbonyl (C=O) groups excluding carboxylic acids is 1. The Morgan fingerprint density at radius 2 is 1.76 bits per heavy atom. The highest BCUT2D eigenvalue weighted by atomic mass is 35.5. The number of anilines is 1. The number of aromatic nitrogens is 5. The zero-order chi connectivity index (χ0) is 23.4. The summed E-state index contributed by atoms with van der Waals surface area (Å²) >= 11 is 12.4. The first-order valence-corrected chi connectivity index (χ1v) is 11.0. The van der Waals surface area contributed by atoms with Crippen molar-refractivity contribution >= 4 is 35.1 Å². The van der Waals surface area contributed by atoms with Gasteiger partial charge in [0.25, 0.3) is 5.91 Å². The van der Waals surface area contributed by atoms with Crippen LogP contribution in [0.4, 0.5) is 5.95 Å². The fourth-order valence-corrected chi connectivity index (χ4v) is 3.60. The van der Waals surface area contributed by atoms with Gasteiger partial charge in [-0.25, -0.2) is 14.3 Å². The van der Waals surface area contributed by atoms with E-state index in [4.69, 9.17) is 27.9 Å². The summed E-state index contributed by atoms with van der Waals surface area (Å²) in [5, 5.41) is 12.2. The molecule has 0 aliphatic carbocycles. The SMILES string of the molecule is CC(C)c1ccc(OCn2ccc(C(=O)Nc3ncn(Cc4c(Cl)cccc4Cl)n3)n2)cc1. The third-order valence-corrected chi connectivity index (χ3v) is 5.64. The van der Waals surface area contributed by atoms with Crippen LogP contribution in [0.5, 0.6) is 5.75 Å². The van der Waals surface area contributed by atoms with Crippen LogP contribution in [0.3, 0.4) is 0 Å². The van der Waals surface area contributed by atoms with Crippen molar-refractivity contribution in [3.05, 3.63) is 87.9 Å². The third-order valence-electron chi connectivity index (χ3n) is 4.93. The summed E-state index contributed by atoms with van der Waals surface area (Å²) in [6, 6.07) is 14.8. The number of hydrogen-bond acceptors (Lipinski definition) is 5. The molecule has 0 bridgehead atoms. The molecule has 4 aromatic rings. The van der Waals surface area contributed by atoms with Crippen LogP contribution in [0.15, 0.2) is 61.1 Å². The Morgan fingerprint density at radius 1 is 1.03 bits per heavy atom. The van der Waals surface area contributed by atoms with Crippen molar-refractivity contribution in [1.29, 1.82) is 0 Å². The Morgan fingerprint density at radius 3 is 2.45 bits per heavy atom. The summed E-state index contributed by atoms with van der Waals surface area (Å²) < 4.78 is 8.82. The van der Waals surface area contributed by atoms with Crippen molar-refractivity contribution < 1.29 is 9.53 Å². The molecule has 0 aliphatic rings. The molecular weight excluding hydrogens is 463 g/mol. The van der Waals surface area contributed by atoms with Crippen LogP contribution >= 0.6 is 23.2 Å². The highest BCUT2D eigenvalue weighted by molar-refractivity contribution is 6.35. The number of nitrogens with one attached hydrogen (secondary N) is 1. The van der Waals surface area contributed by atoms with Crippen molar-refractivity contribution in [3.8, 4) is 5.75 Å².